The van der Waals surface area contributed by atoms with Crippen LogP contribution in [0.1, 0.15) is 44.1 Å². The fourth-order valence-corrected chi connectivity index (χ4v) is 2.31. The molecule has 2 rings (SSSR count). The van der Waals surface area contributed by atoms with Gasteiger partial charge in [0.15, 0.2) is 5.78 Å². The fraction of sp³-hybridized carbons (Fsp3) is 0.438. The highest BCUT2D eigenvalue weighted by molar-refractivity contribution is 5.99. The molecule has 0 unspecified atom stereocenters. The van der Waals surface area contributed by atoms with Gasteiger partial charge < -0.3 is 4.74 Å². The predicted octanol–water partition coefficient (Wildman–Crippen LogP) is 4.00. The number of carbonyl (C=O) groups excluding carboxylic acids is 1. The van der Waals surface area contributed by atoms with Crippen molar-refractivity contribution >= 4 is 11.9 Å². The second-order valence-corrected chi connectivity index (χ2v) is 4.78. The van der Waals surface area contributed by atoms with Gasteiger partial charge >= 0.3 is 0 Å². The molecule has 1 saturated carbocycles. The van der Waals surface area contributed by atoms with E-state index >= 15 is 0 Å². The Morgan fingerprint density at radius 2 is 1.67 bits per heavy atom. The van der Waals surface area contributed by atoms with Gasteiger partial charge in [-0.2, -0.15) is 0 Å². The lowest BCUT2D eigenvalue weighted by Crippen LogP contribution is -2.05. The first-order valence-electron chi connectivity index (χ1n) is 6.67. The monoisotopic (exact) mass is 244 g/mol. The topological polar surface area (TPSA) is 26.3 Å². The van der Waals surface area contributed by atoms with Crippen molar-refractivity contribution in [1.29, 1.82) is 0 Å². The van der Waals surface area contributed by atoms with Crippen LogP contribution >= 0.6 is 0 Å². The second-order valence-electron chi connectivity index (χ2n) is 4.78. The molecule has 1 fully saturated rings. The molecule has 0 N–H and O–H groups in total. The third-order valence-electron chi connectivity index (χ3n) is 3.41. The lowest BCUT2D eigenvalue weighted by atomic mass is 9.93. The van der Waals surface area contributed by atoms with Crippen LogP contribution in [0.5, 0.6) is 5.75 Å². The Bertz CT molecular complexity index is 429. The Labute approximate surface area is 109 Å². The van der Waals surface area contributed by atoms with Gasteiger partial charge in [0.25, 0.3) is 0 Å². The van der Waals surface area contributed by atoms with Crippen LogP contribution in [0, 0.1) is 0 Å². The number of Topliss-reactive ketones (excluding diaryl/α,β-unsaturated/α-hetero) is 1. The lowest BCUT2D eigenvalue weighted by Gasteiger charge is -2.11. The van der Waals surface area contributed by atoms with E-state index in [1.807, 2.05) is 30.3 Å². The van der Waals surface area contributed by atoms with Gasteiger partial charge in [-0.1, -0.05) is 25.0 Å². The molecule has 0 spiro atoms. The molecule has 0 aromatic heterocycles. The highest BCUT2D eigenvalue weighted by Crippen LogP contribution is 2.22. The highest BCUT2D eigenvalue weighted by Gasteiger charge is 2.12. The second kappa shape index (κ2) is 6.39. The van der Waals surface area contributed by atoms with Crippen LogP contribution < -0.4 is 4.74 Å². The molecule has 1 aromatic rings. The minimum Gasteiger partial charge on any atom is -0.497 e. The Morgan fingerprint density at radius 1 is 1.00 bits per heavy atom. The zero-order valence-electron chi connectivity index (χ0n) is 10.9. The van der Waals surface area contributed by atoms with Crippen molar-refractivity contribution in [2.24, 2.45) is 0 Å². The Kier molecular flexibility index (Phi) is 4.57. The van der Waals surface area contributed by atoms with Crippen molar-refractivity contribution in [2.75, 3.05) is 7.11 Å². The van der Waals surface area contributed by atoms with Crippen LogP contribution in [0.15, 0.2) is 29.8 Å². The molecule has 0 amide bonds. The summed E-state index contributed by atoms with van der Waals surface area (Å²) < 4.78 is 5.13. The summed E-state index contributed by atoms with van der Waals surface area (Å²) in [5, 5.41) is 0. The number of hydrogen-bond acceptors (Lipinski definition) is 2. The molecule has 0 atom stereocenters. The van der Waals surface area contributed by atoms with Crippen molar-refractivity contribution in [2.45, 2.75) is 38.5 Å². The van der Waals surface area contributed by atoms with E-state index in [1.54, 1.807) is 7.11 Å². The maximum atomic E-state index is 12.0. The van der Waals surface area contributed by atoms with Crippen LogP contribution in [0.2, 0.25) is 0 Å². The van der Waals surface area contributed by atoms with Crippen molar-refractivity contribution < 1.29 is 9.53 Å². The first-order chi connectivity index (χ1) is 8.79. The summed E-state index contributed by atoms with van der Waals surface area (Å²) in [5.41, 5.74) is 2.07. The van der Waals surface area contributed by atoms with Gasteiger partial charge in [-0.15, -0.1) is 0 Å². The molecular formula is C16H20O2. The molecule has 1 aliphatic carbocycles. The predicted molar refractivity (Wildman–Crippen MR) is 73.7 cm³/mol. The van der Waals surface area contributed by atoms with Gasteiger partial charge in [-0.25, -0.2) is 0 Å². The van der Waals surface area contributed by atoms with Crippen LogP contribution in [0.25, 0.3) is 6.08 Å². The molecule has 1 aliphatic rings. The van der Waals surface area contributed by atoms with Crippen molar-refractivity contribution in [1.82, 2.24) is 0 Å². The molecule has 0 bridgehead atoms. The molecule has 96 valence electrons. The average Bonchev–Trinajstić information content (AvgIpc) is 2.39. The van der Waals surface area contributed by atoms with E-state index in [0.717, 1.165) is 36.1 Å². The molecule has 1 aromatic carbocycles. The number of ketones is 1. The van der Waals surface area contributed by atoms with Gasteiger partial charge in [0.05, 0.1) is 7.11 Å². The number of rotatable bonds is 2. The van der Waals surface area contributed by atoms with Gasteiger partial charge in [0, 0.05) is 6.42 Å². The number of methoxy groups -OCH3 is 1. The molecule has 0 radical (unpaired) electrons. The molecule has 0 saturated heterocycles. The summed E-state index contributed by atoms with van der Waals surface area (Å²) in [4.78, 5) is 12.0. The van der Waals surface area contributed by atoms with Gasteiger partial charge in [0.2, 0.25) is 0 Å². The van der Waals surface area contributed by atoms with Crippen molar-refractivity contribution in [3.8, 4) is 5.75 Å². The third-order valence-corrected chi connectivity index (χ3v) is 3.41. The zero-order chi connectivity index (χ0) is 12.8. The van der Waals surface area contributed by atoms with Gasteiger partial charge in [0.1, 0.15) is 5.75 Å². The fourth-order valence-electron chi connectivity index (χ4n) is 2.31. The average molecular weight is 244 g/mol. The molecule has 0 aliphatic heterocycles. The Balaban J connectivity index is 2.15. The van der Waals surface area contributed by atoms with E-state index < -0.39 is 0 Å². The number of hydrogen-bond donors (Lipinski definition) is 0. The lowest BCUT2D eigenvalue weighted by molar-refractivity contribution is -0.115. The van der Waals surface area contributed by atoms with E-state index in [0.29, 0.717) is 12.2 Å². The van der Waals surface area contributed by atoms with Crippen molar-refractivity contribution in [3.05, 3.63) is 35.4 Å². The van der Waals surface area contributed by atoms with E-state index in [1.165, 1.54) is 12.8 Å². The molecule has 2 nitrogen and oxygen atoms in total. The van der Waals surface area contributed by atoms with Crippen molar-refractivity contribution in [3.63, 3.8) is 0 Å². The molecular weight excluding hydrogens is 224 g/mol. The summed E-state index contributed by atoms with van der Waals surface area (Å²) >= 11 is 0. The Morgan fingerprint density at radius 3 is 2.33 bits per heavy atom. The normalized spacial score (nSPS) is 19.4. The first kappa shape index (κ1) is 12.9. The minimum atomic E-state index is 0.325. The molecule has 0 heterocycles. The third kappa shape index (κ3) is 3.46. The quantitative estimate of drug-likeness (QED) is 0.735. The molecule has 18 heavy (non-hydrogen) atoms. The Hall–Kier alpha value is -1.57. The highest BCUT2D eigenvalue weighted by atomic mass is 16.5. The summed E-state index contributed by atoms with van der Waals surface area (Å²) in [5.74, 6) is 1.17. The van der Waals surface area contributed by atoms with E-state index in [2.05, 4.69) is 0 Å². The SMILES string of the molecule is COc1ccc(/C=C2/CCCCCCC2=O)cc1. The maximum absolute atomic E-state index is 12.0. The smallest absolute Gasteiger partial charge is 0.158 e. The summed E-state index contributed by atoms with van der Waals surface area (Å²) in [6, 6.07) is 7.86. The van der Waals surface area contributed by atoms with Crippen LogP contribution in [-0.4, -0.2) is 12.9 Å². The summed E-state index contributed by atoms with van der Waals surface area (Å²) in [6.45, 7) is 0. The summed E-state index contributed by atoms with van der Waals surface area (Å²) in [6.07, 6.45) is 8.28. The minimum absolute atomic E-state index is 0.325. The van der Waals surface area contributed by atoms with E-state index in [4.69, 9.17) is 4.74 Å². The van der Waals surface area contributed by atoms with Gasteiger partial charge in [-0.3, -0.25) is 4.79 Å². The number of carbonyl (C=O) groups is 1. The molecule has 2 heteroatoms. The first-order valence-corrected chi connectivity index (χ1v) is 6.67. The van der Waals surface area contributed by atoms with Gasteiger partial charge in [-0.05, 0) is 48.6 Å². The zero-order valence-corrected chi connectivity index (χ0v) is 10.9. The number of ether oxygens (including phenoxy) is 1. The maximum Gasteiger partial charge on any atom is 0.158 e. The number of allylic oxidation sites excluding steroid dienone is 1. The standard InChI is InChI=1S/C16H20O2/c1-18-15-10-8-13(9-11-15)12-14-6-4-2-3-5-7-16(14)17/h8-12H,2-7H2,1H3/b14-12-. The largest absolute Gasteiger partial charge is 0.497 e. The van der Waals surface area contributed by atoms with E-state index in [-0.39, 0.29) is 0 Å². The van der Waals surface area contributed by atoms with Crippen LogP contribution in [0.4, 0.5) is 0 Å². The van der Waals surface area contributed by atoms with E-state index in [9.17, 15) is 4.79 Å². The number of benzene rings is 1. The van der Waals surface area contributed by atoms with Crippen LogP contribution in [-0.2, 0) is 4.79 Å². The summed E-state index contributed by atoms with van der Waals surface area (Å²) in [7, 11) is 1.66. The van der Waals surface area contributed by atoms with Crippen LogP contribution in [0.3, 0.4) is 0 Å².